The number of halogens is 3. The van der Waals surface area contributed by atoms with Crippen molar-refractivity contribution < 1.29 is 18.3 Å². The highest BCUT2D eigenvalue weighted by Crippen LogP contribution is 2.33. The van der Waals surface area contributed by atoms with Crippen molar-refractivity contribution in [1.29, 1.82) is 0 Å². The molecule has 0 aliphatic heterocycles. The Labute approximate surface area is 160 Å². The molecule has 1 saturated carbocycles. The Bertz CT molecular complexity index is 987. The second-order valence-electron chi connectivity index (χ2n) is 7.63. The van der Waals surface area contributed by atoms with E-state index in [-0.39, 0.29) is 6.04 Å². The number of aromatic nitrogens is 3. The van der Waals surface area contributed by atoms with Crippen LogP contribution in [0.4, 0.5) is 19.0 Å². The molecule has 0 spiro atoms. The van der Waals surface area contributed by atoms with E-state index in [1.54, 1.807) is 16.6 Å². The number of aliphatic hydroxyl groups is 1. The fourth-order valence-corrected chi connectivity index (χ4v) is 3.60. The monoisotopic (exact) mass is 390 g/mol. The number of nitrogens with zero attached hydrogens (tertiary/aromatic N) is 3. The first-order valence-electron chi connectivity index (χ1n) is 9.23. The van der Waals surface area contributed by atoms with Crippen LogP contribution in [0.1, 0.15) is 38.2 Å². The third-order valence-corrected chi connectivity index (χ3v) is 5.26. The zero-order valence-corrected chi connectivity index (χ0v) is 15.4. The Hall–Kier alpha value is -2.61. The molecule has 5 nitrogen and oxygen atoms in total. The summed E-state index contributed by atoms with van der Waals surface area (Å²) in [5.74, 6) is 0.630. The molecule has 1 fully saturated rings. The lowest BCUT2D eigenvalue weighted by molar-refractivity contribution is -0.137. The van der Waals surface area contributed by atoms with Gasteiger partial charge in [0.15, 0.2) is 5.65 Å². The van der Waals surface area contributed by atoms with E-state index in [0.29, 0.717) is 35.6 Å². The van der Waals surface area contributed by atoms with Crippen LogP contribution < -0.4 is 5.32 Å². The van der Waals surface area contributed by atoms with Crippen LogP contribution in [0.15, 0.2) is 42.6 Å². The van der Waals surface area contributed by atoms with Gasteiger partial charge in [0.05, 0.1) is 23.1 Å². The number of hydrogen-bond acceptors (Lipinski definition) is 4. The number of anilines is 1. The van der Waals surface area contributed by atoms with E-state index in [1.165, 1.54) is 12.3 Å². The molecule has 3 aromatic rings. The fourth-order valence-electron chi connectivity index (χ4n) is 3.60. The average molecular weight is 390 g/mol. The summed E-state index contributed by atoms with van der Waals surface area (Å²) >= 11 is 0. The van der Waals surface area contributed by atoms with E-state index in [2.05, 4.69) is 15.4 Å². The average Bonchev–Trinajstić information content (AvgIpc) is 3.06. The van der Waals surface area contributed by atoms with Crippen molar-refractivity contribution in [3.8, 4) is 11.3 Å². The van der Waals surface area contributed by atoms with E-state index in [1.807, 2.05) is 13.0 Å². The standard InChI is InChI=1S/C20H21F3N4O/c1-19(28)9-7-15(8-10-19)25-17-5-6-18-24-12-16(27(18)26-17)13-3-2-4-14(11-13)20(21,22)23/h2-6,11-12,15,28H,7-10H2,1H3,(H,25,26). The number of imidazole rings is 1. The van der Waals surface area contributed by atoms with Crippen LogP contribution in [0.3, 0.4) is 0 Å². The number of hydrogen-bond donors (Lipinski definition) is 2. The van der Waals surface area contributed by atoms with Crippen LogP contribution in [0.2, 0.25) is 0 Å². The molecule has 1 aliphatic carbocycles. The number of nitrogens with one attached hydrogen (secondary N) is 1. The number of alkyl halides is 3. The van der Waals surface area contributed by atoms with Gasteiger partial charge in [-0.1, -0.05) is 12.1 Å². The SMILES string of the molecule is CC1(O)CCC(Nc2ccc3ncc(-c4cccc(C(F)(F)F)c4)n3n2)CC1. The van der Waals surface area contributed by atoms with Gasteiger partial charge in [-0.3, -0.25) is 0 Å². The number of benzene rings is 1. The topological polar surface area (TPSA) is 62.5 Å². The lowest BCUT2D eigenvalue weighted by Crippen LogP contribution is -2.36. The van der Waals surface area contributed by atoms with E-state index in [9.17, 15) is 18.3 Å². The van der Waals surface area contributed by atoms with Gasteiger partial charge in [-0.25, -0.2) is 9.50 Å². The Morgan fingerprint density at radius 2 is 1.93 bits per heavy atom. The fraction of sp³-hybridized carbons (Fsp3) is 0.400. The minimum atomic E-state index is -4.40. The molecule has 28 heavy (non-hydrogen) atoms. The van der Waals surface area contributed by atoms with E-state index >= 15 is 0 Å². The third kappa shape index (κ3) is 3.82. The highest BCUT2D eigenvalue weighted by molar-refractivity contribution is 5.64. The smallest absolute Gasteiger partial charge is 0.390 e. The van der Waals surface area contributed by atoms with Gasteiger partial charge in [-0.05, 0) is 56.9 Å². The Kier molecular flexibility index (Phi) is 4.53. The van der Waals surface area contributed by atoms with Gasteiger partial charge in [-0.15, -0.1) is 5.10 Å². The molecule has 0 atom stereocenters. The van der Waals surface area contributed by atoms with Crippen LogP contribution in [-0.4, -0.2) is 31.3 Å². The second-order valence-corrected chi connectivity index (χ2v) is 7.63. The number of fused-ring (bicyclic) bond motifs is 1. The maximum absolute atomic E-state index is 13.0. The van der Waals surface area contributed by atoms with E-state index < -0.39 is 17.3 Å². The Morgan fingerprint density at radius 3 is 2.64 bits per heavy atom. The molecule has 2 aromatic heterocycles. The summed E-state index contributed by atoms with van der Waals surface area (Å²) in [6, 6.07) is 8.94. The molecule has 1 aromatic carbocycles. The predicted octanol–water partition coefficient (Wildman–Crippen LogP) is 4.52. The molecule has 0 unspecified atom stereocenters. The van der Waals surface area contributed by atoms with Gasteiger partial charge < -0.3 is 10.4 Å². The summed E-state index contributed by atoms with van der Waals surface area (Å²) in [6.07, 6.45) is 0.216. The lowest BCUT2D eigenvalue weighted by atomic mass is 9.84. The molecule has 0 bridgehead atoms. The van der Waals surface area contributed by atoms with Crippen LogP contribution in [0.25, 0.3) is 16.9 Å². The minimum absolute atomic E-state index is 0.200. The van der Waals surface area contributed by atoms with Crippen molar-refractivity contribution in [2.24, 2.45) is 0 Å². The van der Waals surface area contributed by atoms with Gasteiger partial charge in [0.1, 0.15) is 5.82 Å². The van der Waals surface area contributed by atoms with Crippen LogP contribution in [0.5, 0.6) is 0 Å². The third-order valence-electron chi connectivity index (χ3n) is 5.26. The van der Waals surface area contributed by atoms with Crippen molar-refractivity contribution in [3.63, 3.8) is 0 Å². The van der Waals surface area contributed by atoms with Gasteiger partial charge in [0.25, 0.3) is 0 Å². The zero-order chi connectivity index (χ0) is 19.9. The summed E-state index contributed by atoms with van der Waals surface area (Å²) in [5.41, 5.74) is 0.140. The van der Waals surface area contributed by atoms with Crippen molar-refractivity contribution in [3.05, 3.63) is 48.2 Å². The normalized spacial score (nSPS) is 23.1. The van der Waals surface area contributed by atoms with Gasteiger partial charge in [-0.2, -0.15) is 13.2 Å². The molecule has 8 heteroatoms. The molecule has 2 N–H and O–H groups in total. The highest BCUT2D eigenvalue weighted by atomic mass is 19.4. The van der Waals surface area contributed by atoms with Crippen LogP contribution in [-0.2, 0) is 6.18 Å². The first kappa shape index (κ1) is 18.7. The van der Waals surface area contributed by atoms with Crippen LogP contribution >= 0.6 is 0 Å². The molecule has 4 rings (SSSR count). The van der Waals surface area contributed by atoms with E-state index in [4.69, 9.17) is 0 Å². The molecule has 2 heterocycles. The Morgan fingerprint density at radius 1 is 1.18 bits per heavy atom. The van der Waals surface area contributed by atoms with Crippen molar-refractivity contribution in [2.75, 3.05) is 5.32 Å². The molecule has 148 valence electrons. The van der Waals surface area contributed by atoms with Crippen molar-refractivity contribution >= 4 is 11.5 Å². The first-order valence-corrected chi connectivity index (χ1v) is 9.23. The van der Waals surface area contributed by atoms with Gasteiger partial charge >= 0.3 is 6.18 Å². The predicted molar refractivity (Wildman–Crippen MR) is 99.9 cm³/mol. The van der Waals surface area contributed by atoms with Crippen molar-refractivity contribution in [1.82, 2.24) is 14.6 Å². The number of rotatable bonds is 3. The van der Waals surface area contributed by atoms with Crippen LogP contribution in [0, 0.1) is 0 Å². The first-order chi connectivity index (χ1) is 13.2. The molecule has 0 amide bonds. The molecule has 0 radical (unpaired) electrons. The molecule has 0 saturated heterocycles. The quantitative estimate of drug-likeness (QED) is 0.690. The van der Waals surface area contributed by atoms with E-state index in [0.717, 1.165) is 25.0 Å². The Balaban J connectivity index is 1.62. The maximum atomic E-state index is 13.0. The van der Waals surface area contributed by atoms with Crippen molar-refractivity contribution in [2.45, 2.75) is 50.4 Å². The zero-order valence-electron chi connectivity index (χ0n) is 15.4. The molecular weight excluding hydrogens is 369 g/mol. The lowest BCUT2D eigenvalue weighted by Gasteiger charge is -2.33. The maximum Gasteiger partial charge on any atom is 0.416 e. The summed E-state index contributed by atoms with van der Waals surface area (Å²) in [5, 5.41) is 18.0. The highest BCUT2D eigenvalue weighted by Gasteiger charge is 2.31. The second kappa shape index (κ2) is 6.77. The van der Waals surface area contributed by atoms with Gasteiger partial charge in [0, 0.05) is 11.6 Å². The summed E-state index contributed by atoms with van der Waals surface area (Å²) in [4.78, 5) is 4.25. The minimum Gasteiger partial charge on any atom is -0.390 e. The molecular formula is C20H21F3N4O. The summed E-state index contributed by atoms with van der Waals surface area (Å²) < 4.78 is 40.7. The van der Waals surface area contributed by atoms with Gasteiger partial charge in [0.2, 0.25) is 0 Å². The largest absolute Gasteiger partial charge is 0.416 e. The summed E-state index contributed by atoms with van der Waals surface area (Å²) in [6.45, 7) is 1.85. The molecule has 1 aliphatic rings. The summed E-state index contributed by atoms with van der Waals surface area (Å²) in [7, 11) is 0.